The Balaban J connectivity index is 3.09. The van der Waals surface area contributed by atoms with Gasteiger partial charge in [0.05, 0.1) is 0 Å². The van der Waals surface area contributed by atoms with E-state index in [1.807, 2.05) is 0 Å². The van der Waals surface area contributed by atoms with Crippen molar-refractivity contribution in [1.29, 1.82) is 0 Å². The first kappa shape index (κ1) is 9.14. The molecule has 0 aliphatic carbocycles. The van der Waals surface area contributed by atoms with Gasteiger partial charge in [0.25, 0.3) is 0 Å². The highest BCUT2D eigenvalue weighted by Crippen LogP contribution is 1.99. The minimum atomic E-state index is -0.370. The van der Waals surface area contributed by atoms with Crippen LogP contribution in [0.2, 0.25) is 0 Å². The summed E-state index contributed by atoms with van der Waals surface area (Å²) in [5.41, 5.74) is 5.32. The van der Waals surface area contributed by atoms with E-state index in [9.17, 15) is 0 Å². The minimum absolute atomic E-state index is 0.370. The Hall–Kier alpha value is 0.137. The summed E-state index contributed by atoms with van der Waals surface area (Å²) >= 11 is 0. The highest BCUT2D eigenvalue weighted by molar-refractivity contribution is 6.27. The van der Waals surface area contributed by atoms with Crippen LogP contribution >= 0.6 is 0 Å². The van der Waals surface area contributed by atoms with Gasteiger partial charge in [-0.15, -0.1) is 0 Å². The van der Waals surface area contributed by atoms with Crippen LogP contribution in [0.25, 0.3) is 0 Å². The molecule has 0 aromatic carbocycles. The van der Waals surface area contributed by atoms with Crippen molar-refractivity contribution in [2.75, 3.05) is 6.17 Å². The van der Waals surface area contributed by atoms with Gasteiger partial charge in [-0.3, -0.25) is 0 Å². The number of hydrogen-bond donors (Lipinski definition) is 1. The third kappa shape index (κ3) is 4.63. The van der Waals surface area contributed by atoms with Crippen molar-refractivity contribution in [3.63, 3.8) is 0 Å². The molecule has 0 bridgehead atoms. The minimum Gasteiger partial charge on any atom is -0.420 e. The summed E-state index contributed by atoms with van der Waals surface area (Å²) in [5.74, 6) is 0. The lowest BCUT2D eigenvalue weighted by Gasteiger charge is -2.12. The molecule has 9 heavy (non-hydrogen) atoms. The van der Waals surface area contributed by atoms with E-state index in [4.69, 9.17) is 10.2 Å². The molecule has 0 aromatic rings. The van der Waals surface area contributed by atoms with E-state index in [0.717, 1.165) is 19.0 Å². The smallest absolute Gasteiger partial charge is 0.175 e. The van der Waals surface area contributed by atoms with Crippen LogP contribution < -0.4 is 5.73 Å². The molecule has 0 radical (unpaired) electrons. The van der Waals surface area contributed by atoms with Gasteiger partial charge in [-0.2, -0.15) is 0 Å². The summed E-state index contributed by atoms with van der Waals surface area (Å²) < 4.78 is 5.50. The van der Waals surface area contributed by atoms with Crippen LogP contribution in [0.5, 0.6) is 0 Å². The maximum Gasteiger partial charge on any atom is 0.175 e. The van der Waals surface area contributed by atoms with Gasteiger partial charge in [-0.25, -0.2) is 0 Å². The molecule has 2 N–H and O–H groups in total. The fourth-order valence-corrected chi connectivity index (χ4v) is 1.70. The number of nitrogens with two attached hydrogens (primary N) is 1. The standard InChI is InChI=1S/C6H17NOSi/c1-3-6(4-2)8-9-5-7/h6H,3-5,7,9H2,1-2H3. The Morgan fingerprint density at radius 3 is 2.33 bits per heavy atom. The van der Waals surface area contributed by atoms with Crippen molar-refractivity contribution >= 4 is 9.76 Å². The molecule has 0 heterocycles. The molecule has 0 unspecified atom stereocenters. The fraction of sp³-hybridized carbons (Fsp3) is 1.00. The Morgan fingerprint density at radius 2 is 2.00 bits per heavy atom. The molecule has 0 atom stereocenters. The van der Waals surface area contributed by atoms with Gasteiger partial charge in [-0.1, -0.05) is 13.8 Å². The van der Waals surface area contributed by atoms with Crippen molar-refractivity contribution in [1.82, 2.24) is 0 Å². The van der Waals surface area contributed by atoms with E-state index < -0.39 is 0 Å². The lowest BCUT2D eigenvalue weighted by Crippen LogP contribution is -2.19. The summed E-state index contributed by atoms with van der Waals surface area (Å²) in [5, 5.41) is 0. The molecule has 0 aliphatic heterocycles. The van der Waals surface area contributed by atoms with Gasteiger partial charge in [0, 0.05) is 12.3 Å². The van der Waals surface area contributed by atoms with Crippen LogP contribution in [-0.2, 0) is 4.43 Å². The fourth-order valence-electron chi connectivity index (χ4n) is 0.759. The van der Waals surface area contributed by atoms with Crippen LogP contribution in [0.4, 0.5) is 0 Å². The molecule has 0 aliphatic rings. The Kier molecular flexibility index (Phi) is 6.35. The Bertz CT molecular complexity index is 57.0. The van der Waals surface area contributed by atoms with Gasteiger partial charge >= 0.3 is 0 Å². The summed E-state index contributed by atoms with van der Waals surface area (Å²) in [7, 11) is -0.370. The van der Waals surface area contributed by atoms with Crippen LogP contribution in [0.15, 0.2) is 0 Å². The molecular weight excluding hydrogens is 130 g/mol. The molecule has 0 amide bonds. The molecule has 0 fully saturated rings. The van der Waals surface area contributed by atoms with Gasteiger partial charge in [0.1, 0.15) is 0 Å². The highest BCUT2D eigenvalue weighted by Gasteiger charge is 1.99. The van der Waals surface area contributed by atoms with Crippen molar-refractivity contribution in [3.05, 3.63) is 0 Å². The molecule has 0 saturated carbocycles. The van der Waals surface area contributed by atoms with E-state index in [1.165, 1.54) is 0 Å². The lowest BCUT2D eigenvalue weighted by atomic mass is 10.2. The quantitative estimate of drug-likeness (QED) is 0.564. The zero-order chi connectivity index (χ0) is 7.11. The second kappa shape index (κ2) is 6.26. The average Bonchev–Trinajstić information content (AvgIpc) is 1.91. The molecule has 3 heteroatoms. The third-order valence-electron chi connectivity index (χ3n) is 1.38. The predicted molar refractivity (Wildman–Crippen MR) is 43.1 cm³/mol. The predicted octanol–water partition coefficient (Wildman–Crippen LogP) is 0.192. The van der Waals surface area contributed by atoms with E-state index in [2.05, 4.69) is 13.8 Å². The Morgan fingerprint density at radius 1 is 1.44 bits per heavy atom. The normalized spacial score (nSPS) is 12.0. The first-order valence-electron chi connectivity index (χ1n) is 3.66. The molecule has 0 spiro atoms. The summed E-state index contributed by atoms with van der Waals surface area (Å²) in [6.45, 7) is 4.30. The summed E-state index contributed by atoms with van der Waals surface area (Å²) in [6.07, 6.45) is 3.52. The maximum atomic E-state index is 5.50. The highest BCUT2D eigenvalue weighted by atomic mass is 28.2. The van der Waals surface area contributed by atoms with Crippen LogP contribution in [0.1, 0.15) is 26.7 Å². The third-order valence-corrected chi connectivity index (χ3v) is 2.32. The summed E-state index contributed by atoms with van der Waals surface area (Å²) in [6, 6.07) is 0. The topological polar surface area (TPSA) is 35.2 Å². The van der Waals surface area contributed by atoms with Gasteiger partial charge in [0.2, 0.25) is 0 Å². The monoisotopic (exact) mass is 147 g/mol. The van der Waals surface area contributed by atoms with Crippen molar-refractivity contribution in [2.45, 2.75) is 32.8 Å². The van der Waals surface area contributed by atoms with E-state index in [1.54, 1.807) is 0 Å². The summed E-state index contributed by atoms with van der Waals surface area (Å²) in [4.78, 5) is 0. The van der Waals surface area contributed by atoms with Crippen molar-refractivity contribution in [3.8, 4) is 0 Å². The average molecular weight is 147 g/mol. The van der Waals surface area contributed by atoms with Crippen LogP contribution in [0.3, 0.4) is 0 Å². The zero-order valence-corrected chi connectivity index (χ0v) is 7.81. The molecule has 0 rings (SSSR count). The lowest BCUT2D eigenvalue weighted by molar-refractivity contribution is 0.203. The van der Waals surface area contributed by atoms with E-state index in [-0.39, 0.29) is 9.76 Å². The first-order chi connectivity index (χ1) is 4.35. The second-order valence-corrected chi connectivity index (χ2v) is 3.42. The van der Waals surface area contributed by atoms with Crippen molar-refractivity contribution in [2.24, 2.45) is 5.73 Å². The van der Waals surface area contributed by atoms with Gasteiger partial charge < -0.3 is 10.2 Å². The SMILES string of the molecule is CCC(CC)O[SiH2]CN. The van der Waals surface area contributed by atoms with Crippen LogP contribution in [0, 0.1) is 0 Å². The van der Waals surface area contributed by atoms with Crippen LogP contribution in [-0.4, -0.2) is 22.0 Å². The molecule has 2 nitrogen and oxygen atoms in total. The van der Waals surface area contributed by atoms with Gasteiger partial charge in [0.15, 0.2) is 9.76 Å². The largest absolute Gasteiger partial charge is 0.420 e. The molecular formula is C6H17NOSi. The second-order valence-electron chi connectivity index (χ2n) is 2.10. The molecule has 0 saturated heterocycles. The van der Waals surface area contributed by atoms with Gasteiger partial charge in [-0.05, 0) is 12.8 Å². The molecule has 0 aromatic heterocycles. The van der Waals surface area contributed by atoms with Crippen molar-refractivity contribution < 1.29 is 4.43 Å². The van der Waals surface area contributed by atoms with E-state index >= 15 is 0 Å². The number of hydrogen-bond acceptors (Lipinski definition) is 2. The Labute approximate surface area is 59.7 Å². The molecule has 56 valence electrons. The first-order valence-corrected chi connectivity index (χ1v) is 5.24. The van der Waals surface area contributed by atoms with E-state index in [0.29, 0.717) is 6.10 Å². The maximum absolute atomic E-state index is 5.50. The number of rotatable bonds is 5. The zero-order valence-electron chi connectivity index (χ0n) is 6.39.